The van der Waals surface area contributed by atoms with Gasteiger partial charge in [0.1, 0.15) is 0 Å². The third-order valence-corrected chi connectivity index (χ3v) is 3.77. The quantitative estimate of drug-likeness (QED) is 0.516. The summed E-state index contributed by atoms with van der Waals surface area (Å²) in [5.74, 6) is 0.353. The Morgan fingerprint density at radius 2 is 2.00 bits per heavy atom. The summed E-state index contributed by atoms with van der Waals surface area (Å²) >= 11 is 0. The van der Waals surface area contributed by atoms with E-state index in [0.29, 0.717) is 5.82 Å². The summed E-state index contributed by atoms with van der Waals surface area (Å²) in [7, 11) is 1.57. The highest BCUT2D eigenvalue weighted by Crippen LogP contribution is 2.18. The predicted octanol–water partition coefficient (Wildman–Crippen LogP) is 3.23. The molecular weight excluding hydrogens is 336 g/mol. The molecule has 0 N–H and O–H groups in total. The number of hydrogen-bond donors (Lipinski definition) is 0. The van der Waals surface area contributed by atoms with Crippen LogP contribution in [-0.4, -0.2) is 32.9 Å². The zero-order valence-corrected chi connectivity index (χ0v) is 14.2. The van der Waals surface area contributed by atoms with E-state index in [1.54, 1.807) is 7.05 Å². The van der Waals surface area contributed by atoms with Crippen molar-refractivity contribution in [2.75, 3.05) is 7.05 Å². The van der Waals surface area contributed by atoms with Gasteiger partial charge in [0.25, 0.3) is 11.6 Å². The van der Waals surface area contributed by atoms with Gasteiger partial charge in [0.05, 0.1) is 11.5 Å². The normalized spacial score (nSPS) is 10.5. The first-order valence-electron chi connectivity index (χ1n) is 7.83. The molecule has 0 atom stereocenters. The Morgan fingerprint density at radius 1 is 1.23 bits per heavy atom. The first kappa shape index (κ1) is 17.3. The molecule has 3 aromatic rings. The van der Waals surface area contributed by atoms with Gasteiger partial charge < -0.3 is 9.42 Å². The number of non-ortho nitro benzene ring substituents is 1. The molecule has 26 heavy (non-hydrogen) atoms. The van der Waals surface area contributed by atoms with Crippen LogP contribution in [0.25, 0.3) is 11.4 Å². The van der Waals surface area contributed by atoms with Crippen LogP contribution in [0.15, 0.2) is 53.1 Å². The molecule has 1 aromatic heterocycles. The zero-order valence-electron chi connectivity index (χ0n) is 14.2. The highest BCUT2D eigenvalue weighted by Gasteiger charge is 2.18. The number of carbonyl (C=O) groups excluding carboxylic acids is 1. The minimum Gasteiger partial charge on any atom is -0.337 e. The molecule has 0 fully saturated rings. The lowest BCUT2D eigenvalue weighted by Crippen LogP contribution is -2.26. The molecule has 3 rings (SSSR count). The molecule has 8 nitrogen and oxygen atoms in total. The summed E-state index contributed by atoms with van der Waals surface area (Å²) < 4.78 is 5.21. The number of nitro groups is 1. The van der Waals surface area contributed by atoms with Crippen molar-refractivity contribution < 1.29 is 14.2 Å². The van der Waals surface area contributed by atoms with Gasteiger partial charge >= 0.3 is 0 Å². The van der Waals surface area contributed by atoms with Crippen LogP contribution in [0.5, 0.6) is 0 Å². The van der Waals surface area contributed by atoms with E-state index in [9.17, 15) is 14.9 Å². The molecule has 0 aliphatic heterocycles. The number of aromatic nitrogens is 2. The van der Waals surface area contributed by atoms with Gasteiger partial charge in [-0.1, -0.05) is 35.0 Å². The van der Waals surface area contributed by atoms with Gasteiger partial charge in [-0.15, -0.1) is 0 Å². The summed E-state index contributed by atoms with van der Waals surface area (Å²) in [6.07, 6.45) is 0. The molecule has 0 unspecified atom stereocenters. The molecule has 0 aliphatic rings. The highest BCUT2D eigenvalue weighted by atomic mass is 16.6. The summed E-state index contributed by atoms with van der Waals surface area (Å²) in [6.45, 7) is 2.07. The lowest BCUT2D eigenvalue weighted by atomic mass is 10.1. The molecule has 132 valence electrons. The molecule has 0 saturated carbocycles. The van der Waals surface area contributed by atoms with E-state index in [0.717, 1.165) is 11.1 Å². The Balaban J connectivity index is 1.74. The first-order valence-corrected chi connectivity index (χ1v) is 7.83. The molecule has 1 amide bonds. The van der Waals surface area contributed by atoms with E-state index in [2.05, 4.69) is 10.1 Å². The van der Waals surface area contributed by atoms with Crippen molar-refractivity contribution in [3.8, 4) is 11.4 Å². The van der Waals surface area contributed by atoms with E-state index >= 15 is 0 Å². The first-order chi connectivity index (χ1) is 12.4. The second-order valence-corrected chi connectivity index (χ2v) is 5.85. The van der Waals surface area contributed by atoms with E-state index in [-0.39, 0.29) is 29.6 Å². The Bertz CT molecular complexity index is 967. The van der Waals surface area contributed by atoms with Crippen molar-refractivity contribution in [3.63, 3.8) is 0 Å². The van der Waals surface area contributed by atoms with Gasteiger partial charge in [0.2, 0.25) is 11.7 Å². The van der Waals surface area contributed by atoms with Gasteiger partial charge in [-0.05, 0) is 19.1 Å². The average molecular weight is 352 g/mol. The second-order valence-electron chi connectivity index (χ2n) is 5.85. The van der Waals surface area contributed by atoms with Crippen LogP contribution in [0, 0.1) is 17.0 Å². The Labute approximate surface area is 149 Å². The average Bonchev–Trinajstić information content (AvgIpc) is 3.09. The van der Waals surface area contributed by atoms with Crippen LogP contribution in [0.1, 0.15) is 21.8 Å². The largest absolute Gasteiger partial charge is 0.337 e. The van der Waals surface area contributed by atoms with Gasteiger partial charge in [-0.25, -0.2) is 0 Å². The predicted molar refractivity (Wildman–Crippen MR) is 93.4 cm³/mol. The monoisotopic (exact) mass is 352 g/mol. The van der Waals surface area contributed by atoms with Crippen molar-refractivity contribution in [2.24, 2.45) is 0 Å². The fourth-order valence-electron chi connectivity index (χ4n) is 2.47. The Morgan fingerprint density at radius 3 is 2.73 bits per heavy atom. The molecular formula is C18H16N4O4. The number of hydrogen-bond acceptors (Lipinski definition) is 6. The van der Waals surface area contributed by atoms with Crippen molar-refractivity contribution >= 4 is 11.6 Å². The van der Waals surface area contributed by atoms with Crippen LogP contribution in [0.2, 0.25) is 0 Å². The van der Waals surface area contributed by atoms with E-state index < -0.39 is 4.92 Å². The summed E-state index contributed by atoms with van der Waals surface area (Å²) in [4.78, 5) is 28.4. The SMILES string of the molecule is Cc1cccc(-c2noc(CN(C)C(=O)c3cccc([N+](=O)[O-])c3)n2)c1. The highest BCUT2D eigenvalue weighted by molar-refractivity contribution is 5.94. The number of carbonyl (C=O) groups is 1. The van der Waals surface area contributed by atoms with Crippen molar-refractivity contribution in [1.82, 2.24) is 15.0 Å². The number of aryl methyl sites for hydroxylation is 1. The van der Waals surface area contributed by atoms with Crippen LogP contribution in [0.4, 0.5) is 5.69 Å². The molecule has 1 heterocycles. The fraction of sp³-hybridized carbons (Fsp3) is 0.167. The van der Waals surface area contributed by atoms with Crippen LogP contribution >= 0.6 is 0 Å². The molecule has 0 radical (unpaired) electrons. The third-order valence-electron chi connectivity index (χ3n) is 3.77. The van der Waals surface area contributed by atoms with Crippen LogP contribution < -0.4 is 0 Å². The van der Waals surface area contributed by atoms with E-state index in [1.807, 2.05) is 31.2 Å². The van der Waals surface area contributed by atoms with Crippen molar-refractivity contribution in [3.05, 3.63) is 75.7 Å². The number of amides is 1. The van der Waals surface area contributed by atoms with Gasteiger partial charge in [0.15, 0.2) is 0 Å². The maximum absolute atomic E-state index is 12.5. The minimum absolute atomic E-state index is 0.0976. The molecule has 0 saturated heterocycles. The summed E-state index contributed by atoms with van der Waals surface area (Å²) in [5.41, 5.74) is 1.99. The molecule has 2 aromatic carbocycles. The fourth-order valence-corrected chi connectivity index (χ4v) is 2.47. The second kappa shape index (κ2) is 7.14. The standard InChI is InChI=1S/C18H16N4O4/c1-12-5-3-6-13(9-12)17-19-16(26-20-17)11-21(2)18(23)14-7-4-8-15(10-14)22(24)25/h3-10H,11H2,1-2H3. The van der Waals surface area contributed by atoms with Crippen molar-refractivity contribution in [1.29, 1.82) is 0 Å². The molecule has 8 heteroatoms. The maximum atomic E-state index is 12.5. The smallest absolute Gasteiger partial charge is 0.270 e. The topological polar surface area (TPSA) is 102 Å². The number of nitrogens with zero attached hydrogens (tertiary/aromatic N) is 4. The maximum Gasteiger partial charge on any atom is 0.270 e. The van der Waals surface area contributed by atoms with E-state index in [1.165, 1.54) is 29.2 Å². The van der Waals surface area contributed by atoms with Gasteiger partial charge in [0, 0.05) is 30.3 Å². The summed E-state index contributed by atoms with van der Waals surface area (Å²) in [5, 5.41) is 14.8. The lowest BCUT2D eigenvalue weighted by molar-refractivity contribution is -0.384. The summed E-state index contributed by atoms with van der Waals surface area (Å²) in [6, 6.07) is 13.3. The third kappa shape index (κ3) is 3.75. The van der Waals surface area contributed by atoms with Gasteiger partial charge in [-0.3, -0.25) is 14.9 Å². The lowest BCUT2D eigenvalue weighted by Gasteiger charge is -2.14. The zero-order chi connectivity index (χ0) is 18.7. The minimum atomic E-state index is -0.539. The Kier molecular flexibility index (Phi) is 4.74. The number of rotatable bonds is 5. The van der Waals surface area contributed by atoms with Crippen molar-refractivity contribution in [2.45, 2.75) is 13.5 Å². The number of benzene rings is 2. The van der Waals surface area contributed by atoms with Crippen LogP contribution in [-0.2, 0) is 6.54 Å². The molecule has 0 spiro atoms. The number of nitro benzene ring substituents is 1. The molecule has 0 aliphatic carbocycles. The van der Waals surface area contributed by atoms with Crippen LogP contribution in [0.3, 0.4) is 0 Å². The van der Waals surface area contributed by atoms with E-state index in [4.69, 9.17) is 4.52 Å². The van der Waals surface area contributed by atoms with Gasteiger partial charge in [-0.2, -0.15) is 4.98 Å². The molecule has 0 bridgehead atoms. The Hall–Kier alpha value is -3.55.